The summed E-state index contributed by atoms with van der Waals surface area (Å²) >= 11 is 6.32. The number of nitrogens with zero attached hydrogens (tertiary/aromatic N) is 2. The SMILES string of the molecule is Cc1noc(-c2ccc(-c3ccc(C4(C(=O)O)CC4)cc3)cc2)c1CN(c1ccccc1Cl)S(C)(=O)=O. The van der Waals surface area contributed by atoms with Gasteiger partial charge >= 0.3 is 5.97 Å². The van der Waals surface area contributed by atoms with Crippen LogP contribution in [0.25, 0.3) is 22.5 Å². The molecule has 7 nitrogen and oxygen atoms in total. The van der Waals surface area contributed by atoms with Crippen LogP contribution in [0.15, 0.2) is 77.3 Å². The highest BCUT2D eigenvalue weighted by molar-refractivity contribution is 7.92. The summed E-state index contributed by atoms with van der Waals surface area (Å²) in [4.78, 5) is 11.6. The number of sulfonamides is 1. The van der Waals surface area contributed by atoms with E-state index in [0.29, 0.717) is 40.6 Å². The smallest absolute Gasteiger partial charge is 0.314 e. The van der Waals surface area contributed by atoms with Crippen LogP contribution < -0.4 is 4.31 Å². The molecule has 1 aliphatic rings. The van der Waals surface area contributed by atoms with Crippen molar-refractivity contribution in [3.05, 3.63) is 94.6 Å². The molecule has 3 aromatic carbocycles. The van der Waals surface area contributed by atoms with Crippen LogP contribution in [-0.2, 0) is 26.8 Å². The first-order chi connectivity index (χ1) is 17.6. The first-order valence-corrected chi connectivity index (χ1v) is 13.9. The Kier molecular flexibility index (Phi) is 6.33. The number of carboxylic acids is 1. The predicted molar refractivity (Wildman–Crippen MR) is 143 cm³/mol. The Labute approximate surface area is 220 Å². The van der Waals surface area contributed by atoms with Gasteiger partial charge in [0.2, 0.25) is 10.0 Å². The number of carboxylic acid groups (broad SMARTS) is 1. The van der Waals surface area contributed by atoms with Crippen molar-refractivity contribution in [1.29, 1.82) is 0 Å². The van der Waals surface area contributed by atoms with Crippen molar-refractivity contribution in [2.45, 2.75) is 31.7 Å². The Morgan fingerprint density at radius 3 is 2.11 bits per heavy atom. The van der Waals surface area contributed by atoms with Crippen LogP contribution in [0.4, 0.5) is 5.69 Å². The summed E-state index contributed by atoms with van der Waals surface area (Å²) in [5.74, 6) is -0.288. The molecule has 0 spiro atoms. The standard InChI is InChI=1S/C28H25ClN2O5S/c1-18-23(17-31(37(2,34)35)25-6-4-3-5-24(25)29)26(36-30-18)21-9-7-19(8-10-21)20-11-13-22(14-12-20)28(15-16-28)27(32)33/h3-14H,15-17H2,1-2H3,(H,32,33). The lowest BCUT2D eigenvalue weighted by molar-refractivity contribution is -0.140. The largest absolute Gasteiger partial charge is 0.481 e. The van der Waals surface area contributed by atoms with Crippen LogP contribution in [0, 0.1) is 6.92 Å². The molecular formula is C28H25ClN2O5S. The summed E-state index contributed by atoms with van der Waals surface area (Å²) in [6.45, 7) is 1.79. The maximum atomic E-state index is 12.7. The van der Waals surface area contributed by atoms with E-state index >= 15 is 0 Å². The lowest BCUT2D eigenvalue weighted by Crippen LogP contribution is -2.29. The molecule has 0 atom stereocenters. The Bertz CT molecular complexity index is 1570. The zero-order chi connectivity index (χ0) is 26.4. The Morgan fingerprint density at radius 1 is 1.00 bits per heavy atom. The maximum Gasteiger partial charge on any atom is 0.314 e. The van der Waals surface area contributed by atoms with Crippen LogP contribution >= 0.6 is 11.6 Å². The van der Waals surface area contributed by atoms with Crippen LogP contribution in [0.1, 0.15) is 29.7 Å². The molecule has 1 aromatic heterocycles. The van der Waals surface area contributed by atoms with Gasteiger partial charge in [0, 0.05) is 11.1 Å². The molecule has 190 valence electrons. The number of rotatable bonds is 8. The molecule has 1 aliphatic carbocycles. The van der Waals surface area contributed by atoms with Crippen LogP contribution in [-0.4, -0.2) is 30.9 Å². The minimum atomic E-state index is -3.65. The van der Waals surface area contributed by atoms with Gasteiger partial charge in [0.05, 0.1) is 34.6 Å². The van der Waals surface area contributed by atoms with Gasteiger partial charge in [-0.3, -0.25) is 9.10 Å². The molecular weight excluding hydrogens is 512 g/mol. The molecule has 5 rings (SSSR count). The molecule has 1 saturated carbocycles. The van der Waals surface area contributed by atoms with Gasteiger partial charge < -0.3 is 9.63 Å². The lowest BCUT2D eigenvalue weighted by Gasteiger charge is -2.23. The fourth-order valence-corrected chi connectivity index (χ4v) is 5.70. The van der Waals surface area contributed by atoms with Gasteiger partial charge in [-0.25, -0.2) is 8.42 Å². The van der Waals surface area contributed by atoms with Gasteiger partial charge in [0.1, 0.15) is 0 Å². The molecule has 0 radical (unpaired) electrons. The summed E-state index contributed by atoms with van der Waals surface area (Å²) in [6.07, 6.45) is 2.48. The summed E-state index contributed by atoms with van der Waals surface area (Å²) in [5.41, 5.74) is 4.39. The van der Waals surface area contributed by atoms with E-state index < -0.39 is 21.4 Å². The third-order valence-corrected chi connectivity index (χ3v) is 8.33. The van der Waals surface area contributed by atoms with Gasteiger partial charge in [-0.2, -0.15) is 0 Å². The molecule has 1 N–H and O–H groups in total. The number of aryl methyl sites for hydroxylation is 1. The summed E-state index contributed by atoms with van der Waals surface area (Å²) < 4.78 is 32.2. The van der Waals surface area contributed by atoms with E-state index in [1.807, 2.05) is 48.5 Å². The Hall–Kier alpha value is -3.62. The van der Waals surface area contributed by atoms with Crippen LogP contribution in [0.3, 0.4) is 0 Å². The van der Waals surface area contributed by atoms with Gasteiger partial charge in [0.15, 0.2) is 5.76 Å². The molecule has 0 bridgehead atoms. The Morgan fingerprint density at radius 2 is 1.57 bits per heavy atom. The minimum Gasteiger partial charge on any atom is -0.481 e. The highest BCUT2D eigenvalue weighted by Gasteiger charge is 2.51. The van der Waals surface area contributed by atoms with Gasteiger partial charge in [-0.15, -0.1) is 0 Å². The predicted octanol–water partition coefficient (Wildman–Crippen LogP) is 6.05. The molecule has 4 aromatic rings. The van der Waals surface area contributed by atoms with Crippen LogP contribution in [0.2, 0.25) is 5.02 Å². The molecule has 0 unspecified atom stereocenters. The topological polar surface area (TPSA) is 101 Å². The first-order valence-electron chi connectivity index (χ1n) is 11.7. The second-order valence-electron chi connectivity index (χ2n) is 9.34. The van der Waals surface area contributed by atoms with E-state index in [0.717, 1.165) is 28.5 Å². The normalized spacial score (nSPS) is 14.4. The van der Waals surface area contributed by atoms with Crippen molar-refractivity contribution in [1.82, 2.24) is 5.16 Å². The van der Waals surface area contributed by atoms with Crippen molar-refractivity contribution >= 4 is 33.3 Å². The van der Waals surface area contributed by atoms with E-state index in [4.69, 9.17) is 16.1 Å². The fraction of sp³-hybridized carbons (Fsp3) is 0.214. The average molecular weight is 537 g/mol. The number of halogens is 1. The number of hydrogen-bond donors (Lipinski definition) is 1. The molecule has 0 aliphatic heterocycles. The number of hydrogen-bond acceptors (Lipinski definition) is 5. The number of benzene rings is 3. The van der Waals surface area contributed by atoms with Gasteiger partial charge in [-0.1, -0.05) is 77.4 Å². The highest BCUT2D eigenvalue weighted by atomic mass is 35.5. The molecule has 1 fully saturated rings. The maximum absolute atomic E-state index is 12.7. The highest BCUT2D eigenvalue weighted by Crippen LogP contribution is 2.48. The molecule has 0 saturated heterocycles. The lowest BCUT2D eigenvalue weighted by atomic mass is 9.93. The van der Waals surface area contributed by atoms with E-state index in [1.54, 1.807) is 31.2 Å². The third-order valence-electron chi connectivity index (χ3n) is 6.89. The first kappa shape index (κ1) is 25.0. The van der Waals surface area contributed by atoms with E-state index in [-0.39, 0.29) is 6.54 Å². The molecule has 0 amide bonds. The quantitative estimate of drug-likeness (QED) is 0.294. The van der Waals surface area contributed by atoms with Crippen molar-refractivity contribution in [2.24, 2.45) is 0 Å². The number of aliphatic carboxylic acids is 1. The average Bonchev–Trinajstić information content (AvgIpc) is 3.61. The number of carbonyl (C=O) groups is 1. The zero-order valence-corrected chi connectivity index (χ0v) is 21.9. The number of aromatic nitrogens is 1. The summed E-state index contributed by atoms with van der Waals surface area (Å²) in [6, 6.07) is 22.1. The minimum absolute atomic E-state index is 0.0156. The van der Waals surface area contributed by atoms with Crippen molar-refractivity contribution in [3.63, 3.8) is 0 Å². The number of para-hydroxylation sites is 1. The molecule has 9 heteroatoms. The Balaban J connectivity index is 1.43. The van der Waals surface area contributed by atoms with E-state index in [9.17, 15) is 18.3 Å². The summed E-state index contributed by atoms with van der Waals surface area (Å²) in [5, 5.41) is 14.0. The second-order valence-corrected chi connectivity index (χ2v) is 11.7. The fourth-order valence-electron chi connectivity index (χ4n) is 4.53. The summed E-state index contributed by atoms with van der Waals surface area (Å²) in [7, 11) is -3.65. The third kappa shape index (κ3) is 4.74. The van der Waals surface area contributed by atoms with Gasteiger partial charge in [-0.05, 0) is 48.6 Å². The van der Waals surface area contributed by atoms with Crippen molar-refractivity contribution in [2.75, 3.05) is 10.6 Å². The second kappa shape index (κ2) is 9.36. The number of anilines is 1. The van der Waals surface area contributed by atoms with Gasteiger partial charge in [0.25, 0.3) is 0 Å². The van der Waals surface area contributed by atoms with Crippen LogP contribution in [0.5, 0.6) is 0 Å². The van der Waals surface area contributed by atoms with Crippen molar-refractivity contribution in [3.8, 4) is 22.5 Å². The van der Waals surface area contributed by atoms with E-state index in [2.05, 4.69) is 5.16 Å². The molecule has 37 heavy (non-hydrogen) atoms. The molecule has 1 heterocycles. The van der Waals surface area contributed by atoms with E-state index in [1.165, 1.54) is 4.31 Å². The van der Waals surface area contributed by atoms with Crippen molar-refractivity contribution < 1.29 is 22.8 Å². The zero-order valence-electron chi connectivity index (χ0n) is 20.3. The monoisotopic (exact) mass is 536 g/mol.